The van der Waals surface area contributed by atoms with E-state index in [1.807, 2.05) is 0 Å². The Morgan fingerprint density at radius 2 is 2.00 bits per heavy atom. The Balaban J connectivity index is 2.15. The third-order valence-electron chi connectivity index (χ3n) is 1.54. The number of aromatic nitrogens is 1. The van der Waals surface area contributed by atoms with Gasteiger partial charge in [-0.15, -0.1) is 11.3 Å². The van der Waals surface area contributed by atoms with Gasteiger partial charge in [0.05, 0.1) is 5.38 Å². The lowest BCUT2D eigenvalue weighted by molar-refractivity contribution is 0.465. The Hall–Kier alpha value is -1.62. The lowest BCUT2D eigenvalue weighted by Gasteiger charge is -2.00. The van der Waals surface area contributed by atoms with Crippen molar-refractivity contribution in [2.75, 3.05) is 5.73 Å². The Morgan fingerprint density at radius 3 is 2.57 bits per heavy atom. The van der Waals surface area contributed by atoms with E-state index in [4.69, 9.17) is 10.5 Å². The summed E-state index contributed by atoms with van der Waals surface area (Å²) in [5.74, 6) is 0.672. The van der Waals surface area contributed by atoms with Crippen molar-refractivity contribution in [3.63, 3.8) is 0 Å². The van der Waals surface area contributed by atoms with Crippen LogP contribution >= 0.6 is 11.3 Å². The number of rotatable bonds is 2. The molecule has 2 rings (SSSR count). The van der Waals surface area contributed by atoms with Gasteiger partial charge in [0.15, 0.2) is 5.13 Å². The van der Waals surface area contributed by atoms with Crippen molar-refractivity contribution in [3.05, 3.63) is 35.5 Å². The minimum atomic E-state index is -0.296. The summed E-state index contributed by atoms with van der Waals surface area (Å²) >= 11 is 1.29. The molecule has 1 aromatic carbocycles. The van der Waals surface area contributed by atoms with Gasteiger partial charge in [0.1, 0.15) is 11.6 Å². The average Bonchev–Trinajstić information content (AvgIpc) is 2.56. The molecule has 0 radical (unpaired) electrons. The van der Waals surface area contributed by atoms with Crippen LogP contribution in [0.1, 0.15) is 0 Å². The predicted molar refractivity (Wildman–Crippen MR) is 53.0 cm³/mol. The Bertz CT molecular complexity index is 427. The topological polar surface area (TPSA) is 48.1 Å². The van der Waals surface area contributed by atoms with Gasteiger partial charge in [0.25, 0.3) is 0 Å². The van der Waals surface area contributed by atoms with Gasteiger partial charge in [0.2, 0.25) is 5.88 Å². The molecule has 0 fully saturated rings. The van der Waals surface area contributed by atoms with Crippen molar-refractivity contribution in [1.29, 1.82) is 0 Å². The molecular formula is C9H7FN2OS. The van der Waals surface area contributed by atoms with Gasteiger partial charge >= 0.3 is 0 Å². The van der Waals surface area contributed by atoms with Crippen LogP contribution in [0.3, 0.4) is 0 Å². The molecule has 2 N–H and O–H groups in total. The quantitative estimate of drug-likeness (QED) is 0.828. The molecule has 0 aliphatic heterocycles. The number of nitrogen functional groups attached to an aromatic ring is 1. The van der Waals surface area contributed by atoms with E-state index in [1.165, 1.54) is 35.6 Å². The van der Waals surface area contributed by atoms with E-state index in [1.54, 1.807) is 5.38 Å². The Kier molecular flexibility index (Phi) is 2.32. The molecule has 0 aliphatic rings. The third kappa shape index (κ3) is 2.00. The molecule has 0 bridgehead atoms. The standard InChI is InChI=1S/C9H7FN2OS/c10-6-1-3-7(4-2-6)13-8-5-14-9(11)12-8/h1-5H,(H2,11,12). The maximum atomic E-state index is 12.5. The van der Waals surface area contributed by atoms with Crippen molar-refractivity contribution < 1.29 is 9.13 Å². The maximum absolute atomic E-state index is 12.5. The van der Waals surface area contributed by atoms with Crippen LogP contribution < -0.4 is 10.5 Å². The lowest BCUT2D eigenvalue weighted by Crippen LogP contribution is -1.86. The maximum Gasteiger partial charge on any atom is 0.231 e. The SMILES string of the molecule is Nc1nc(Oc2ccc(F)cc2)cs1. The fourth-order valence-corrected chi connectivity index (χ4v) is 1.41. The fourth-order valence-electron chi connectivity index (χ4n) is 0.942. The zero-order valence-corrected chi connectivity index (χ0v) is 7.92. The molecule has 5 heteroatoms. The first kappa shape index (κ1) is 8.96. The Morgan fingerprint density at radius 1 is 1.29 bits per heavy atom. The van der Waals surface area contributed by atoms with Crippen molar-refractivity contribution >= 4 is 16.5 Å². The third-order valence-corrected chi connectivity index (χ3v) is 2.19. The number of anilines is 1. The summed E-state index contributed by atoms with van der Waals surface area (Å²) in [7, 11) is 0. The van der Waals surface area contributed by atoms with Gasteiger partial charge in [-0.2, -0.15) is 4.98 Å². The largest absolute Gasteiger partial charge is 0.438 e. The first-order valence-corrected chi connectivity index (χ1v) is 4.76. The Labute approximate surface area is 84.0 Å². The highest BCUT2D eigenvalue weighted by atomic mass is 32.1. The molecule has 0 unspecified atom stereocenters. The summed E-state index contributed by atoms with van der Waals surface area (Å²) in [6.45, 7) is 0. The van der Waals surface area contributed by atoms with Crippen molar-refractivity contribution in [2.45, 2.75) is 0 Å². The summed E-state index contributed by atoms with van der Waals surface area (Å²) in [5, 5.41) is 2.14. The normalized spacial score (nSPS) is 10.1. The van der Waals surface area contributed by atoms with Crippen LogP contribution in [0.2, 0.25) is 0 Å². The minimum absolute atomic E-state index is 0.296. The number of nitrogens with zero attached hydrogens (tertiary/aromatic N) is 1. The van der Waals surface area contributed by atoms with E-state index in [0.717, 1.165) is 0 Å². The molecule has 1 heterocycles. The molecule has 0 saturated heterocycles. The number of ether oxygens (including phenoxy) is 1. The highest BCUT2D eigenvalue weighted by Gasteiger charge is 2.01. The predicted octanol–water partition coefficient (Wildman–Crippen LogP) is 2.66. The second kappa shape index (κ2) is 3.63. The number of hydrogen-bond acceptors (Lipinski definition) is 4. The zero-order chi connectivity index (χ0) is 9.97. The number of thiazole rings is 1. The molecule has 2 aromatic rings. The first-order chi connectivity index (χ1) is 6.74. The van der Waals surface area contributed by atoms with Crippen molar-refractivity contribution in [3.8, 4) is 11.6 Å². The number of halogens is 1. The van der Waals surface area contributed by atoms with E-state index in [-0.39, 0.29) is 5.82 Å². The molecular weight excluding hydrogens is 203 g/mol. The second-order valence-corrected chi connectivity index (χ2v) is 3.47. The van der Waals surface area contributed by atoms with Gasteiger partial charge < -0.3 is 10.5 Å². The van der Waals surface area contributed by atoms with Gasteiger partial charge in [-0.25, -0.2) is 4.39 Å². The molecule has 0 amide bonds. The van der Waals surface area contributed by atoms with E-state index in [9.17, 15) is 4.39 Å². The van der Waals surface area contributed by atoms with E-state index >= 15 is 0 Å². The number of nitrogens with two attached hydrogens (primary N) is 1. The smallest absolute Gasteiger partial charge is 0.231 e. The fraction of sp³-hybridized carbons (Fsp3) is 0. The van der Waals surface area contributed by atoms with Crippen LogP contribution in [-0.2, 0) is 0 Å². The summed E-state index contributed by atoms with van der Waals surface area (Å²) in [5.41, 5.74) is 5.42. The van der Waals surface area contributed by atoms with Gasteiger partial charge in [-0.05, 0) is 24.3 Å². The zero-order valence-electron chi connectivity index (χ0n) is 7.11. The van der Waals surface area contributed by atoms with E-state index < -0.39 is 0 Å². The number of hydrogen-bond donors (Lipinski definition) is 1. The monoisotopic (exact) mass is 210 g/mol. The van der Waals surface area contributed by atoms with Crippen LogP contribution in [0.5, 0.6) is 11.6 Å². The van der Waals surface area contributed by atoms with Crippen LogP contribution in [0, 0.1) is 5.82 Å². The molecule has 0 atom stereocenters. The van der Waals surface area contributed by atoms with Crippen LogP contribution in [0.15, 0.2) is 29.6 Å². The second-order valence-electron chi connectivity index (χ2n) is 2.58. The average molecular weight is 210 g/mol. The highest BCUT2D eigenvalue weighted by Crippen LogP contribution is 2.24. The summed E-state index contributed by atoms with van der Waals surface area (Å²) in [6, 6.07) is 5.71. The first-order valence-electron chi connectivity index (χ1n) is 3.88. The van der Waals surface area contributed by atoms with Gasteiger partial charge in [-0.3, -0.25) is 0 Å². The summed E-state index contributed by atoms with van der Waals surface area (Å²) in [6.07, 6.45) is 0. The van der Waals surface area contributed by atoms with Gasteiger partial charge in [-0.1, -0.05) is 0 Å². The molecule has 0 aliphatic carbocycles. The molecule has 72 valence electrons. The molecule has 1 aromatic heterocycles. The van der Waals surface area contributed by atoms with Crippen molar-refractivity contribution in [2.24, 2.45) is 0 Å². The van der Waals surface area contributed by atoms with Crippen molar-refractivity contribution in [1.82, 2.24) is 4.98 Å². The summed E-state index contributed by atoms with van der Waals surface area (Å²) in [4.78, 5) is 3.91. The summed E-state index contributed by atoms with van der Waals surface area (Å²) < 4.78 is 17.8. The van der Waals surface area contributed by atoms with E-state index in [0.29, 0.717) is 16.8 Å². The molecule has 3 nitrogen and oxygen atoms in total. The molecule has 0 spiro atoms. The molecule has 14 heavy (non-hydrogen) atoms. The van der Waals surface area contributed by atoms with Crippen LogP contribution in [0.25, 0.3) is 0 Å². The highest BCUT2D eigenvalue weighted by molar-refractivity contribution is 7.13. The minimum Gasteiger partial charge on any atom is -0.438 e. The van der Waals surface area contributed by atoms with Gasteiger partial charge in [0, 0.05) is 0 Å². The van der Waals surface area contributed by atoms with Crippen LogP contribution in [-0.4, -0.2) is 4.98 Å². The van der Waals surface area contributed by atoms with Crippen LogP contribution in [0.4, 0.5) is 9.52 Å². The lowest BCUT2D eigenvalue weighted by atomic mass is 10.3. The van der Waals surface area contributed by atoms with E-state index in [2.05, 4.69) is 4.98 Å². The molecule has 0 saturated carbocycles. The number of benzene rings is 1.